The van der Waals surface area contributed by atoms with Crippen molar-refractivity contribution in [3.05, 3.63) is 63.1 Å². The van der Waals surface area contributed by atoms with Crippen molar-refractivity contribution < 1.29 is 47.0 Å². The van der Waals surface area contributed by atoms with Crippen LogP contribution in [0.3, 0.4) is 0 Å². The number of ether oxygens (including phenoxy) is 2. The number of hydrogen-bond donors (Lipinski definition) is 0. The van der Waals surface area contributed by atoms with E-state index in [1.807, 2.05) is 101 Å². The minimum atomic E-state index is -0.495. The van der Waals surface area contributed by atoms with Crippen molar-refractivity contribution in [2.45, 2.75) is 169 Å². The zero-order chi connectivity index (χ0) is 43.3. The second kappa shape index (κ2) is 16.5. The number of benzene rings is 2. The average molecular weight is 843 g/mol. The Morgan fingerprint density at radius 2 is 0.804 bits per heavy atom. The number of carbonyl (C=O) groups excluding carboxylic acids is 2. The van der Waals surface area contributed by atoms with E-state index >= 15 is 0 Å². The predicted octanol–water partition coefficient (Wildman–Crippen LogP) is 8.85. The van der Waals surface area contributed by atoms with E-state index in [0.717, 1.165) is 21.1 Å². The molecule has 2 aromatic carbocycles. The molecule has 0 saturated carbocycles. The largest absolute Gasteiger partial charge is 0.494 e. The molecule has 0 N–H and O–H groups in total. The van der Waals surface area contributed by atoms with Crippen LogP contribution >= 0.6 is 15.9 Å². The van der Waals surface area contributed by atoms with Gasteiger partial charge in [-0.3, -0.25) is 0 Å². The summed E-state index contributed by atoms with van der Waals surface area (Å²) in [5.41, 5.74) is 1.75. The smallest absolute Gasteiger partial charge is 0.465 e. The summed E-state index contributed by atoms with van der Waals surface area (Å²) in [6.07, 6.45) is 0. The van der Waals surface area contributed by atoms with Crippen LogP contribution < -0.4 is 5.46 Å². The van der Waals surface area contributed by atoms with Crippen LogP contribution in [0.2, 0.25) is 0 Å². The molecule has 3 fully saturated rings. The number of methoxy groups -OCH3 is 2. The zero-order valence-electron chi connectivity index (χ0n) is 37.7. The summed E-state index contributed by atoms with van der Waals surface area (Å²) in [6.45, 7) is 36.9. The molecule has 0 aliphatic carbocycles. The molecule has 3 aliphatic heterocycles. The first kappa shape index (κ1) is 48.2. The molecule has 5 rings (SSSR count). The van der Waals surface area contributed by atoms with Gasteiger partial charge in [0.1, 0.15) is 0 Å². The van der Waals surface area contributed by atoms with Crippen LogP contribution in [-0.2, 0) is 48.2 Å². The van der Waals surface area contributed by atoms with E-state index in [2.05, 4.69) is 63.5 Å². The third-order valence-electron chi connectivity index (χ3n) is 11.7. The average Bonchev–Trinajstić information content (AvgIpc) is 3.52. The molecular formula is C42H66B3BrO10. The SMILES string of the molecule is CC1(C)OB(B2OC(C)(C)C(C)(C)O2)OC1(C)C.COC(=O)c1cc(B2OC(C)(C)C(C)(C)O2)cc(C(C)(C)C)c1.COC(=O)c1cc(Br)cc(C(C)(C)C)c1. The van der Waals surface area contributed by atoms with Crippen LogP contribution in [0.5, 0.6) is 0 Å². The molecule has 0 amide bonds. The van der Waals surface area contributed by atoms with Gasteiger partial charge in [-0.25, -0.2) is 9.59 Å². The minimum Gasteiger partial charge on any atom is -0.465 e. The summed E-state index contributed by atoms with van der Waals surface area (Å²) >= 11 is 3.40. The molecule has 310 valence electrons. The maximum atomic E-state index is 12.0. The van der Waals surface area contributed by atoms with Gasteiger partial charge in [0.05, 0.1) is 59.0 Å². The summed E-state index contributed by atoms with van der Waals surface area (Å²) in [6, 6.07) is 11.4. The molecule has 3 saturated heterocycles. The Morgan fingerprint density at radius 3 is 1.12 bits per heavy atom. The van der Waals surface area contributed by atoms with E-state index in [-0.39, 0.29) is 45.2 Å². The van der Waals surface area contributed by atoms with Crippen LogP contribution in [0.1, 0.15) is 156 Å². The van der Waals surface area contributed by atoms with Gasteiger partial charge >= 0.3 is 33.1 Å². The first-order valence-corrected chi connectivity index (χ1v) is 20.1. The Hall–Kier alpha value is -2.19. The van der Waals surface area contributed by atoms with Gasteiger partial charge in [-0.15, -0.1) is 0 Å². The maximum absolute atomic E-state index is 12.0. The molecule has 10 nitrogen and oxygen atoms in total. The fraction of sp³-hybridized carbons (Fsp3) is 0.667. The second-order valence-corrected chi connectivity index (χ2v) is 20.8. The summed E-state index contributed by atoms with van der Waals surface area (Å²) in [7, 11) is 1.33. The lowest BCUT2D eigenvalue weighted by molar-refractivity contribution is 0.00578. The lowest BCUT2D eigenvalue weighted by Gasteiger charge is -2.32. The van der Waals surface area contributed by atoms with Crippen molar-refractivity contribution in [3.63, 3.8) is 0 Å². The molecular weight excluding hydrogens is 777 g/mol. The normalized spacial score (nSPS) is 21.4. The fourth-order valence-electron chi connectivity index (χ4n) is 5.69. The summed E-state index contributed by atoms with van der Waals surface area (Å²) in [5, 5.41) is 0. The van der Waals surface area contributed by atoms with Gasteiger partial charge in [0, 0.05) is 4.47 Å². The van der Waals surface area contributed by atoms with E-state index in [4.69, 9.17) is 37.4 Å². The molecule has 0 bridgehead atoms. The molecule has 14 heteroatoms. The number of carbonyl (C=O) groups is 2. The topological polar surface area (TPSA) is 108 Å². The molecule has 2 aromatic rings. The van der Waals surface area contributed by atoms with Crippen LogP contribution in [0.4, 0.5) is 0 Å². The van der Waals surface area contributed by atoms with Crippen molar-refractivity contribution in [1.82, 2.24) is 0 Å². The van der Waals surface area contributed by atoms with Gasteiger partial charge in [-0.05, 0) is 141 Å². The summed E-state index contributed by atoms with van der Waals surface area (Å²) < 4.78 is 46.6. The first-order valence-electron chi connectivity index (χ1n) is 19.3. The second-order valence-electron chi connectivity index (χ2n) is 19.9. The Labute approximate surface area is 346 Å². The van der Waals surface area contributed by atoms with E-state index in [1.165, 1.54) is 14.2 Å². The predicted molar refractivity (Wildman–Crippen MR) is 229 cm³/mol. The molecule has 0 unspecified atom stereocenters. The van der Waals surface area contributed by atoms with Gasteiger partial charge < -0.3 is 37.4 Å². The number of esters is 2. The summed E-state index contributed by atoms with van der Waals surface area (Å²) in [4.78, 5) is 23.4. The molecule has 0 radical (unpaired) electrons. The highest BCUT2D eigenvalue weighted by Crippen LogP contribution is 2.43. The molecule has 3 aliphatic rings. The van der Waals surface area contributed by atoms with Crippen LogP contribution in [-0.4, -0.2) is 80.9 Å². The lowest BCUT2D eigenvalue weighted by Crippen LogP contribution is -2.41. The summed E-state index contributed by atoms with van der Waals surface area (Å²) in [5.74, 6) is -0.657. The van der Waals surface area contributed by atoms with E-state index < -0.39 is 32.3 Å². The number of halogens is 1. The quantitative estimate of drug-likeness (QED) is 0.219. The monoisotopic (exact) mass is 842 g/mol. The maximum Gasteiger partial charge on any atom is 0.494 e. The third kappa shape index (κ3) is 10.9. The van der Waals surface area contributed by atoms with Gasteiger partial charge in [0.2, 0.25) is 0 Å². The van der Waals surface area contributed by atoms with Gasteiger partial charge in [-0.2, -0.15) is 0 Å². The molecule has 0 atom stereocenters. The fourth-order valence-corrected chi connectivity index (χ4v) is 6.19. The van der Waals surface area contributed by atoms with Crippen LogP contribution in [0.25, 0.3) is 0 Å². The van der Waals surface area contributed by atoms with Crippen LogP contribution in [0.15, 0.2) is 40.9 Å². The molecule has 3 heterocycles. The Bertz CT molecular complexity index is 1660. The number of rotatable bonds is 4. The van der Waals surface area contributed by atoms with Crippen LogP contribution in [0, 0.1) is 0 Å². The van der Waals surface area contributed by atoms with Gasteiger partial charge in [-0.1, -0.05) is 63.5 Å². The first-order chi connectivity index (χ1) is 25.1. The van der Waals surface area contributed by atoms with Gasteiger partial charge in [0.15, 0.2) is 0 Å². The Kier molecular flexibility index (Phi) is 14.2. The van der Waals surface area contributed by atoms with Crippen molar-refractivity contribution >= 4 is 54.5 Å². The Morgan fingerprint density at radius 1 is 0.500 bits per heavy atom. The highest BCUT2D eigenvalue weighted by atomic mass is 79.9. The third-order valence-corrected chi connectivity index (χ3v) is 12.2. The van der Waals surface area contributed by atoms with Crippen molar-refractivity contribution in [3.8, 4) is 0 Å². The molecule has 0 aromatic heterocycles. The molecule has 56 heavy (non-hydrogen) atoms. The van der Waals surface area contributed by atoms with Crippen molar-refractivity contribution in [2.75, 3.05) is 14.2 Å². The van der Waals surface area contributed by atoms with E-state index in [0.29, 0.717) is 11.1 Å². The minimum absolute atomic E-state index is 0.0204. The number of hydrogen-bond acceptors (Lipinski definition) is 10. The highest BCUT2D eigenvalue weighted by molar-refractivity contribution is 9.10. The van der Waals surface area contributed by atoms with Gasteiger partial charge in [0.25, 0.3) is 0 Å². The zero-order valence-corrected chi connectivity index (χ0v) is 39.2. The van der Waals surface area contributed by atoms with E-state index in [1.54, 1.807) is 12.1 Å². The lowest BCUT2D eigenvalue weighted by atomic mass is 9.49. The van der Waals surface area contributed by atoms with Crippen molar-refractivity contribution in [1.29, 1.82) is 0 Å². The van der Waals surface area contributed by atoms with Crippen molar-refractivity contribution in [2.24, 2.45) is 0 Å². The molecule has 0 spiro atoms. The Balaban J connectivity index is 0.000000231. The highest BCUT2D eigenvalue weighted by Gasteiger charge is 2.63. The standard InChI is InChI=1S/C18H27BO4.C12H24B2O4.C12H15BrO2/c1-16(2,3)13-9-12(15(20)21-8)10-14(11-13)19-22-17(4,5)18(6,7)23-19;1-9(2)10(3,4)16-13(15-9)14-17-11(5,6)12(7,8)18-14;1-12(2,3)9-5-8(11(14)15-4)6-10(13)7-9/h9-11H,1-8H3;1-8H3;5-7H,1-4H3. The van der Waals surface area contributed by atoms with E-state index in [9.17, 15) is 9.59 Å².